The standard InChI is InChI=1S/C22H31NO4/c1-5-13-24-19(14-22(4)17-26-21(2,3)27-22)11-12-20(15-23)25-16-18-9-7-6-8-10-18/h5-10,19-20H,1,11-14,16-17H2,2-4H3/t19-,20+,22+/m0/s1. The van der Waals surface area contributed by atoms with Gasteiger partial charge in [0.2, 0.25) is 0 Å². The molecule has 0 radical (unpaired) electrons. The molecule has 1 heterocycles. The van der Waals surface area contributed by atoms with Crippen molar-refractivity contribution in [3.8, 4) is 6.07 Å². The van der Waals surface area contributed by atoms with E-state index in [0.29, 0.717) is 39.1 Å². The van der Waals surface area contributed by atoms with Gasteiger partial charge in [0.1, 0.15) is 6.10 Å². The van der Waals surface area contributed by atoms with Crippen LogP contribution in [0, 0.1) is 11.3 Å². The number of ether oxygens (including phenoxy) is 4. The summed E-state index contributed by atoms with van der Waals surface area (Å²) in [6.45, 7) is 11.0. The quantitative estimate of drug-likeness (QED) is 0.539. The Bertz CT molecular complexity index is 625. The molecule has 1 saturated heterocycles. The minimum atomic E-state index is -0.578. The summed E-state index contributed by atoms with van der Waals surface area (Å²) in [5, 5.41) is 9.42. The number of rotatable bonds is 11. The predicted molar refractivity (Wildman–Crippen MR) is 104 cm³/mol. The van der Waals surface area contributed by atoms with Gasteiger partial charge in [-0.15, -0.1) is 6.58 Å². The molecule has 0 unspecified atom stereocenters. The zero-order valence-electron chi connectivity index (χ0n) is 16.6. The molecular formula is C22H31NO4. The Labute approximate surface area is 162 Å². The predicted octanol–water partition coefficient (Wildman–Crippen LogP) is 4.38. The number of benzene rings is 1. The monoisotopic (exact) mass is 373 g/mol. The Kier molecular flexibility index (Phi) is 8.00. The first-order valence-electron chi connectivity index (χ1n) is 9.47. The number of nitriles is 1. The lowest BCUT2D eigenvalue weighted by molar-refractivity contribution is -0.164. The minimum absolute atomic E-state index is 0.0540. The zero-order chi connectivity index (χ0) is 19.8. The maximum Gasteiger partial charge on any atom is 0.163 e. The summed E-state index contributed by atoms with van der Waals surface area (Å²) < 4.78 is 23.5. The fourth-order valence-electron chi connectivity index (χ4n) is 3.30. The van der Waals surface area contributed by atoms with E-state index in [9.17, 15) is 5.26 Å². The molecule has 27 heavy (non-hydrogen) atoms. The van der Waals surface area contributed by atoms with Crippen LogP contribution in [0.3, 0.4) is 0 Å². The summed E-state index contributed by atoms with van der Waals surface area (Å²) in [6, 6.07) is 12.1. The Hall–Kier alpha value is -1.71. The van der Waals surface area contributed by atoms with Gasteiger partial charge in [0.15, 0.2) is 5.79 Å². The minimum Gasteiger partial charge on any atom is -0.374 e. The third kappa shape index (κ3) is 7.43. The van der Waals surface area contributed by atoms with Crippen molar-refractivity contribution in [3.05, 3.63) is 48.6 Å². The van der Waals surface area contributed by atoms with Crippen molar-refractivity contribution < 1.29 is 18.9 Å². The molecule has 3 atom stereocenters. The average Bonchev–Trinajstić information content (AvgIpc) is 2.93. The second-order valence-corrected chi connectivity index (χ2v) is 7.68. The molecule has 5 heteroatoms. The second kappa shape index (κ2) is 10.0. The molecule has 1 fully saturated rings. The van der Waals surface area contributed by atoms with Gasteiger partial charge in [-0.05, 0) is 39.2 Å². The Balaban J connectivity index is 1.86. The Morgan fingerprint density at radius 2 is 1.96 bits per heavy atom. The van der Waals surface area contributed by atoms with Gasteiger partial charge in [-0.1, -0.05) is 36.4 Å². The zero-order valence-corrected chi connectivity index (χ0v) is 16.6. The maximum atomic E-state index is 9.42. The van der Waals surface area contributed by atoms with Crippen molar-refractivity contribution in [2.45, 2.75) is 70.2 Å². The van der Waals surface area contributed by atoms with E-state index >= 15 is 0 Å². The van der Waals surface area contributed by atoms with Crippen molar-refractivity contribution in [1.82, 2.24) is 0 Å². The first-order valence-corrected chi connectivity index (χ1v) is 9.47. The Morgan fingerprint density at radius 1 is 1.22 bits per heavy atom. The molecule has 1 aromatic carbocycles. The SMILES string of the molecule is C=CCO[C@@H](CC[C@H](C#N)OCc1ccccc1)C[C@]1(C)COC(C)(C)O1. The molecule has 0 bridgehead atoms. The molecule has 1 aromatic rings. The van der Waals surface area contributed by atoms with E-state index in [2.05, 4.69) is 12.6 Å². The Morgan fingerprint density at radius 3 is 2.56 bits per heavy atom. The van der Waals surface area contributed by atoms with Crippen LogP contribution in [-0.2, 0) is 25.6 Å². The molecule has 0 aromatic heterocycles. The van der Waals surface area contributed by atoms with Gasteiger partial charge in [0.05, 0.1) is 37.6 Å². The van der Waals surface area contributed by atoms with Crippen LogP contribution in [-0.4, -0.2) is 36.8 Å². The third-order valence-electron chi connectivity index (χ3n) is 4.52. The number of nitrogens with zero attached hydrogens (tertiary/aromatic N) is 1. The highest BCUT2D eigenvalue weighted by molar-refractivity contribution is 5.13. The average molecular weight is 373 g/mol. The topological polar surface area (TPSA) is 60.7 Å². The first kappa shape index (κ1) is 21.6. The normalized spacial score (nSPS) is 23.5. The molecule has 0 spiro atoms. The summed E-state index contributed by atoms with van der Waals surface area (Å²) >= 11 is 0. The maximum absolute atomic E-state index is 9.42. The molecule has 148 valence electrons. The fourth-order valence-corrected chi connectivity index (χ4v) is 3.30. The van der Waals surface area contributed by atoms with Gasteiger partial charge < -0.3 is 18.9 Å². The lowest BCUT2D eigenvalue weighted by atomic mass is 9.95. The summed E-state index contributed by atoms with van der Waals surface area (Å²) in [7, 11) is 0. The molecule has 1 aliphatic rings. The van der Waals surface area contributed by atoms with E-state index in [0.717, 1.165) is 5.56 Å². The van der Waals surface area contributed by atoms with Gasteiger partial charge >= 0.3 is 0 Å². The molecular weight excluding hydrogens is 342 g/mol. The van der Waals surface area contributed by atoms with Crippen LogP contribution in [0.5, 0.6) is 0 Å². The van der Waals surface area contributed by atoms with Crippen LogP contribution in [0.1, 0.15) is 45.6 Å². The molecule has 0 N–H and O–H groups in total. The van der Waals surface area contributed by atoms with Crippen molar-refractivity contribution in [2.24, 2.45) is 0 Å². The van der Waals surface area contributed by atoms with Gasteiger partial charge in [-0.2, -0.15) is 5.26 Å². The van der Waals surface area contributed by atoms with Gasteiger partial charge in [0.25, 0.3) is 0 Å². The van der Waals surface area contributed by atoms with Crippen LogP contribution in [0.4, 0.5) is 0 Å². The molecule has 0 aliphatic carbocycles. The summed E-state index contributed by atoms with van der Waals surface area (Å²) in [6.07, 6.45) is 3.22. The lowest BCUT2D eigenvalue weighted by Crippen LogP contribution is -2.36. The molecule has 0 saturated carbocycles. The van der Waals surface area contributed by atoms with Gasteiger partial charge in [0, 0.05) is 6.42 Å². The van der Waals surface area contributed by atoms with Crippen LogP contribution < -0.4 is 0 Å². The fraction of sp³-hybridized carbons (Fsp3) is 0.591. The highest BCUT2D eigenvalue weighted by Crippen LogP contribution is 2.35. The molecule has 1 aliphatic heterocycles. The highest BCUT2D eigenvalue weighted by atomic mass is 16.8. The van der Waals surface area contributed by atoms with Crippen LogP contribution in [0.15, 0.2) is 43.0 Å². The van der Waals surface area contributed by atoms with Gasteiger partial charge in [-0.25, -0.2) is 0 Å². The number of hydrogen-bond donors (Lipinski definition) is 0. The van der Waals surface area contributed by atoms with Crippen molar-refractivity contribution >= 4 is 0 Å². The van der Waals surface area contributed by atoms with E-state index in [-0.39, 0.29) is 6.10 Å². The smallest absolute Gasteiger partial charge is 0.163 e. The van der Waals surface area contributed by atoms with E-state index in [1.807, 2.05) is 51.1 Å². The largest absolute Gasteiger partial charge is 0.374 e. The van der Waals surface area contributed by atoms with E-state index < -0.39 is 17.5 Å². The first-order chi connectivity index (χ1) is 12.9. The number of hydrogen-bond acceptors (Lipinski definition) is 5. The second-order valence-electron chi connectivity index (χ2n) is 7.68. The highest BCUT2D eigenvalue weighted by Gasteiger charge is 2.43. The van der Waals surface area contributed by atoms with E-state index in [1.54, 1.807) is 6.08 Å². The summed E-state index contributed by atoms with van der Waals surface area (Å²) in [5.41, 5.74) is 0.658. The molecule has 5 nitrogen and oxygen atoms in total. The van der Waals surface area contributed by atoms with Crippen LogP contribution in [0.2, 0.25) is 0 Å². The molecule has 2 rings (SSSR count). The van der Waals surface area contributed by atoms with E-state index in [4.69, 9.17) is 18.9 Å². The van der Waals surface area contributed by atoms with Gasteiger partial charge in [-0.3, -0.25) is 0 Å². The van der Waals surface area contributed by atoms with Crippen molar-refractivity contribution in [2.75, 3.05) is 13.2 Å². The molecule has 0 amide bonds. The van der Waals surface area contributed by atoms with Crippen LogP contribution in [0.25, 0.3) is 0 Å². The summed E-state index contributed by atoms with van der Waals surface area (Å²) in [5.74, 6) is -0.578. The lowest BCUT2D eigenvalue weighted by Gasteiger charge is -2.29. The van der Waals surface area contributed by atoms with Crippen molar-refractivity contribution in [1.29, 1.82) is 5.26 Å². The van der Waals surface area contributed by atoms with Crippen LogP contribution >= 0.6 is 0 Å². The van der Waals surface area contributed by atoms with E-state index in [1.165, 1.54) is 0 Å². The summed E-state index contributed by atoms with van der Waals surface area (Å²) in [4.78, 5) is 0. The van der Waals surface area contributed by atoms with Crippen molar-refractivity contribution in [3.63, 3.8) is 0 Å². The third-order valence-corrected chi connectivity index (χ3v) is 4.52.